The Morgan fingerprint density at radius 1 is 1.59 bits per heavy atom. The van der Waals surface area contributed by atoms with E-state index in [1.54, 1.807) is 12.3 Å². The average Bonchev–Trinajstić information content (AvgIpc) is 2.28. The first-order valence-corrected chi connectivity index (χ1v) is 5.22. The van der Waals surface area contributed by atoms with E-state index in [-0.39, 0.29) is 5.91 Å². The zero-order valence-electron chi connectivity index (χ0n) is 10.2. The van der Waals surface area contributed by atoms with Crippen molar-refractivity contribution in [3.8, 4) is 5.75 Å². The van der Waals surface area contributed by atoms with Crippen molar-refractivity contribution in [2.75, 3.05) is 19.0 Å². The summed E-state index contributed by atoms with van der Waals surface area (Å²) >= 11 is 0. The summed E-state index contributed by atoms with van der Waals surface area (Å²) < 4.78 is 10.5. The van der Waals surface area contributed by atoms with Gasteiger partial charge in [0.2, 0.25) is 5.91 Å². The van der Waals surface area contributed by atoms with E-state index >= 15 is 0 Å². The molecule has 0 saturated heterocycles. The first-order chi connectivity index (χ1) is 8.10. The van der Waals surface area contributed by atoms with Crippen LogP contribution in [0.15, 0.2) is 18.8 Å². The van der Waals surface area contributed by atoms with Crippen LogP contribution in [-0.4, -0.2) is 24.6 Å². The van der Waals surface area contributed by atoms with Crippen LogP contribution in [0.1, 0.15) is 19.4 Å². The van der Waals surface area contributed by atoms with Crippen molar-refractivity contribution >= 4 is 17.5 Å². The summed E-state index contributed by atoms with van der Waals surface area (Å²) in [6.07, 6.45) is 1.56. The largest absolute Gasteiger partial charge is 0.494 e. The molecule has 5 nitrogen and oxygen atoms in total. The molecule has 0 unspecified atom stereocenters. The third-order valence-electron chi connectivity index (χ3n) is 2.02. The average molecular weight is 236 g/mol. The Morgan fingerprint density at radius 3 is 2.82 bits per heavy atom. The van der Waals surface area contributed by atoms with Gasteiger partial charge in [-0.15, -0.1) is 0 Å². The zero-order valence-corrected chi connectivity index (χ0v) is 10.2. The smallest absolute Gasteiger partial charge is 0.222 e. The third kappa shape index (κ3) is 3.21. The van der Waals surface area contributed by atoms with Gasteiger partial charge in [-0.1, -0.05) is 6.58 Å². The number of aromatic nitrogens is 1. The summed E-state index contributed by atoms with van der Waals surface area (Å²) in [5.74, 6) is 1.08. The van der Waals surface area contributed by atoms with Crippen molar-refractivity contribution < 1.29 is 14.3 Å². The lowest BCUT2D eigenvalue weighted by Crippen LogP contribution is -2.10. The van der Waals surface area contributed by atoms with Gasteiger partial charge in [0.1, 0.15) is 5.76 Å². The monoisotopic (exact) mass is 236 g/mol. The first-order valence-electron chi connectivity index (χ1n) is 5.22. The second kappa shape index (κ2) is 5.89. The van der Waals surface area contributed by atoms with Crippen LogP contribution < -0.4 is 10.1 Å². The molecule has 0 bridgehead atoms. The van der Waals surface area contributed by atoms with E-state index in [0.29, 0.717) is 29.5 Å². The molecule has 0 fully saturated rings. The van der Waals surface area contributed by atoms with Crippen LogP contribution in [-0.2, 0) is 9.53 Å². The maximum atomic E-state index is 11.0. The fraction of sp³-hybridized carbons (Fsp3) is 0.333. The molecule has 1 amide bonds. The molecule has 1 N–H and O–H groups in total. The van der Waals surface area contributed by atoms with Gasteiger partial charge < -0.3 is 14.8 Å². The predicted molar refractivity (Wildman–Crippen MR) is 65.8 cm³/mol. The first kappa shape index (κ1) is 13.0. The van der Waals surface area contributed by atoms with Gasteiger partial charge in [-0.25, -0.2) is 4.98 Å². The maximum absolute atomic E-state index is 11.0. The van der Waals surface area contributed by atoms with Crippen molar-refractivity contribution in [1.29, 1.82) is 0 Å². The van der Waals surface area contributed by atoms with E-state index in [4.69, 9.17) is 9.47 Å². The lowest BCUT2D eigenvalue weighted by molar-refractivity contribution is -0.114. The highest BCUT2D eigenvalue weighted by molar-refractivity contribution is 5.90. The molecule has 1 aromatic rings. The van der Waals surface area contributed by atoms with Gasteiger partial charge >= 0.3 is 0 Å². The van der Waals surface area contributed by atoms with Crippen LogP contribution in [0.5, 0.6) is 5.75 Å². The number of hydrogen-bond donors (Lipinski definition) is 1. The Bertz CT molecular complexity index is 430. The zero-order chi connectivity index (χ0) is 12.8. The molecular weight excluding hydrogens is 220 g/mol. The Hall–Kier alpha value is -2.04. The summed E-state index contributed by atoms with van der Waals surface area (Å²) in [4.78, 5) is 15.1. The Labute approximate surface area is 100 Å². The molecule has 1 aromatic heterocycles. The van der Waals surface area contributed by atoms with Crippen LogP contribution in [0.25, 0.3) is 5.76 Å². The van der Waals surface area contributed by atoms with E-state index in [2.05, 4.69) is 16.9 Å². The van der Waals surface area contributed by atoms with E-state index in [9.17, 15) is 4.79 Å². The molecule has 0 saturated carbocycles. The van der Waals surface area contributed by atoms with Gasteiger partial charge in [-0.2, -0.15) is 0 Å². The molecule has 92 valence electrons. The molecule has 0 aliphatic carbocycles. The predicted octanol–water partition coefficient (Wildman–Crippen LogP) is 2.06. The van der Waals surface area contributed by atoms with Crippen molar-refractivity contribution in [3.05, 3.63) is 24.4 Å². The Morgan fingerprint density at radius 2 is 2.29 bits per heavy atom. The fourth-order valence-electron chi connectivity index (χ4n) is 1.38. The molecule has 1 rings (SSSR count). The Balaban J connectivity index is 3.13. The van der Waals surface area contributed by atoms with Crippen LogP contribution in [0.3, 0.4) is 0 Å². The fourth-order valence-corrected chi connectivity index (χ4v) is 1.38. The second-order valence-electron chi connectivity index (χ2n) is 3.28. The highest BCUT2D eigenvalue weighted by atomic mass is 16.5. The summed E-state index contributed by atoms with van der Waals surface area (Å²) in [6, 6.07) is 1.72. The molecule has 0 aromatic carbocycles. The quantitative estimate of drug-likeness (QED) is 0.795. The minimum absolute atomic E-state index is 0.213. The van der Waals surface area contributed by atoms with Crippen molar-refractivity contribution in [3.63, 3.8) is 0 Å². The van der Waals surface area contributed by atoms with E-state index in [1.807, 2.05) is 6.92 Å². The molecule has 0 aliphatic heterocycles. The number of rotatable bonds is 5. The molecular formula is C12H16N2O3. The molecule has 0 spiro atoms. The Kier molecular flexibility index (Phi) is 4.51. The minimum Gasteiger partial charge on any atom is -0.494 e. The van der Waals surface area contributed by atoms with Crippen molar-refractivity contribution in [2.24, 2.45) is 0 Å². The standard InChI is InChI=1S/C12H16N2O3/c1-5-17-8(2)10-6-7-13-12(11(10)16-4)14-9(3)15/h6-7H,2,5H2,1,3-4H3,(H,13,14,15). The second-order valence-corrected chi connectivity index (χ2v) is 3.28. The van der Waals surface area contributed by atoms with Crippen LogP contribution >= 0.6 is 0 Å². The van der Waals surface area contributed by atoms with Crippen molar-refractivity contribution in [1.82, 2.24) is 4.98 Å². The summed E-state index contributed by atoms with van der Waals surface area (Å²) in [6.45, 7) is 7.59. The number of carbonyl (C=O) groups is 1. The summed E-state index contributed by atoms with van der Waals surface area (Å²) in [5, 5.41) is 2.59. The number of methoxy groups -OCH3 is 1. The number of amides is 1. The van der Waals surface area contributed by atoms with Gasteiger partial charge in [-0.3, -0.25) is 4.79 Å². The molecule has 0 radical (unpaired) electrons. The van der Waals surface area contributed by atoms with Gasteiger partial charge in [0.05, 0.1) is 19.3 Å². The number of nitrogens with one attached hydrogen (secondary N) is 1. The lowest BCUT2D eigenvalue weighted by Gasteiger charge is -2.14. The molecule has 17 heavy (non-hydrogen) atoms. The molecule has 5 heteroatoms. The van der Waals surface area contributed by atoms with Gasteiger partial charge in [0.15, 0.2) is 11.6 Å². The number of anilines is 1. The third-order valence-corrected chi connectivity index (χ3v) is 2.02. The van der Waals surface area contributed by atoms with Gasteiger partial charge in [-0.05, 0) is 13.0 Å². The van der Waals surface area contributed by atoms with Gasteiger partial charge in [0.25, 0.3) is 0 Å². The van der Waals surface area contributed by atoms with Crippen LogP contribution in [0.2, 0.25) is 0 Å². The van der Waals surface area contributed by atoms with Crippen LogP contribution in [0.4, 0.5) is 5.82 Å². The topological polar surface area (TPSA) is 60.5 Å². The number of ether oxygens (including phenoxy) is 2. The van der Waals surface area contributed by atoms with Crippen LogP contribution in [0, 0.1) is 0 Å². The highest BCUT2D eigenvalue weighted by Gasteiger charge is 2.14. The minimum atomic E-state index is -0.213. The number of hydrogen-bond acceptors (Lipinski definition) is 4. The van der Waals surface area contributed by atoms with Gasteiger partial charge in [0, 0.05) is 13.1 Å². The maximum Gasteiger partial charge on any atom is 0.222 e. The van der Waals surface area contributed by atoms with E-state index < -0.39 is 0 Å². The molecule has 0 aliphatic rings. The lowest BCUT2D eigenvalue weighted by atomic mass is 10.2. The summed E-state index contributed by atoms with van der Waals surface area (Å²) in [5.41, 5.74) is 0.674. The van der Waals surface area contributed by atoms with E-state index in [0.717, 1.165) is 0 Å². The summed E-state index contributed by atoms with van der Waals surface area (Å²) in [7, 11) is 1.51. The normalized spacial score (nSPS) is 9.59. The highest BCUT2D eigenvalue weighted by Crippen LogP contribution is 2.31. The van der Waals surface area contributed by atoms with E-state index in [1.165, 1.54) is 14.0 Å². The number of nitrogens with zero attached hydrogens (tertiary/aromatic N) is 1. The molecule has 1 heterocycles. The number of pyridine rings is 1. The SMILES string of the molecule is C=C(OCC)c1ccnc(NC(C)=O)c1OC. The molecule has 0 atom stereocenters. The van der Waals surface area contributed by atoms with Crippen molar-refractivity contribution in [2.45, 2.75) is 13.8 Å². The number of carbonyl (C=O) groups excluding carboxylic acids is 1.